The molecule has 234 valence electrons. The minimum absolute atomic E-state index is 0.0635. The van der Waals surface area contributed by atoms with E-state index >= 15 is 0 Å². The number of rotatable bonds is 6. The van der Waals surface area contributed by atoms with Crippen LogP contribution in [0.4, 0.5) is 0 Å². The summed E-state index contributed by atoms with van der Waals surface area (Å²) in [5.41, 5.74) is 2.19. The first-order valence-electron chi connectivity index (χ1n) is 15.2. The number of aromatic nitrogens is 2. The van der Waals surface area contributed by atoms with Crippen LogP contribution >= 0.6 is 0 Å². The number of amides is 2. The molecule has 0 radical (unpaired) electrons. The highest BCUT2D eigenvalue weighted by molar-refractivity contribution is 5.97. The van der Waals surface area contributed by atoms with E-state index in [4.69, 9.17) is 18.7 Å². The molecule has 2 amide bonds. The molecule has 0 aliphatic carbocycles. The maximum absolute atomic E-state index is 13.6. The summed E-state index contributed by atoms with van der Waals surface area (Å²) in [6, 6.07) is 22.1. The fraction of sp³-hybridized carbons (Fsp3) is 0.353. The molecule has 1 N–H and O–H groups in total. The van der Waals surface area contributed by atoms with E-state index in [1.54, 1.807) is 30.2 Å². The number of likely N-dealkylation sites (tertiary alicyclic amines) is 1. The number of nitrogens with zero attached hydrogens (tertiary/aromatic N) is 4. The molecule has 1 saturated heterocycles. The highest BCUT2D eigenvalue weighted by Crippen LogP contribution is 2.33. The van der Waals surface area contributed by atoms with Crippen molar-refractivity contribution in [2.24, 2.45) is 0 Å². The zero-order valence-corrected chi connectivity index (χ0v) is 25.5. The van der Waals surface area contributed by atoms with Crippen molar-refractivity contribution in [2.75, 3.05) is 33.3 Å². The number of hydrogen-bond donors (Lipinski definition) is 1. The molecule has 2 aliphatic rings. The standard InChI is InChI=1S/C34H37N5O6/c1-3-15-39-21-32(40)35-27-14-16-38(20-31-36-33(45-37-31)24-9-5-4-6-10-24)19-30(27)43-22-23-8-7-11-26(17-23)44-29-18-25(34(39)41)12-13-28(29)42-2/h4-13,17-18,27,30H,3,14-16,19-22H2,1-2H3,(H,35,40)/t27-,30-/m0/s1. The van der Waals surface area contributed by atoms with Crippen LogP contribution in [-0.4, -0.2) is 77.2 Å². The van der Waals surface area contributed by atoms with Gasteiger partial charge >= 0.3 is 0 Å². The first kappa shape index (κ1) is 30.3. The van der Waals surface area contributed by atoms with Gasteiger partial charge < -0.3 is 29.0 Å². The SMILES string of the molecule is CCCN1CC(=O)N[C@H]2CCN(Cc3noc(-c4ccccc4)n3)C[C@@H]2OCc2cccc(c2)Oc2cc(ccc2OC)C1=O. The van der Waals surface area contributed by atoms with Crippen LogP contribution in [-0.2, 0) is 22.7 Å². The van der Waals surface area contributed by atoms with E-state index in [1.807, 2.05) is 61.5 Å². The second-order valence-corrected chi connectivity index (χ2v) is 11.3. The van der Waals surface area contributed by atoms with Crippen molar-refractivity contribution in [2.45, 2.75) is 45.1 Å². The monoisotopic (exact) mass is 611 g/mol. The lowest BCUT2D eigenvalue weighted by atomic mass is 10.0. The second-order valence-electron chi connectivity index (χ2n) is 11.3. The molecule has 4 aromatic rings. The van der Waals surface area contributed by atoms with Crippen molar-refractivity contribution in [1.82, 2.24) is 25.3 Å². The fourth-order valence-corrected chi connectivity index (χ4v) is 5.72. The third-order valence-corrected chi connectivity index (χ3v) is 7.96. The molecule has 1 aromatic heterocycles. The Morgan fingerprint density at radius 2 is 1.89 bits per heavy atom. The molecule has 3 heterocycles. The number of hydrogen-bond acceptors (Lipinski definition) is 9. The van der Waals surface area contributed by atoms with Crippen LogP contribution in [0.25, 0.3) is 11.5 Å². The average Bonchev–Trinajstić information content (AvgIpc) is 3.53. The van der Waals surface area contributed by atoms with E-state index in [0.717, 1.165) is 11.1 Å². The Bertz CT molecular complexity index is 1630. The number of fused-ring (bicyclic) bond motifs is 5. The number of piperidine rings is 1. The van der Waals surface area contributed by atoms with Gasteiger partial charge in [0, 0.05) is 30.8 Å². The normalized spacial score (nSPS) is 19.4. The van der Waals surface area contributed by atoms with Crippen LogP contribution in [0.1, 0.15) is 41.5 Å². The molecule has 11 nitrogen and oxygen atoms in total. The topological polar surface area (TPSA) is 119 Å². The predicted molar refractivity (Wildman–Crippen MR) is 166 cm³/mol. The maximum Gasteiger partial charge on any atom is 0.257 e. The third-order valence-electron chi connectivity index (χ3n) is 7.96. The number of carbonyl (C=O) groups is 2. The van der Waals surface area contributed by atoms with Gasteiger partial charge in [0.05, 0.1) is 39.0 Å². The van der Waals surface area contributed by atoms with Gasteiger partial charge in [0.25, 0.3) is 11.8 Å². The Labute approximate surface area is 262 Å². The fourth-order valence-electron chi connectivity index (χ4n) is 5.72. The first-order valence-corrected chi connectivity index (χ1v) is 15.2. The van der Waals surface area contributed by atoms with E-state index in [0.29, 0.717) is 80.2 Å². The van der Waals surface area contributed by atoms with E-state index in [-0.39, 0.29) is 30.5 Å². The van der Waals surface area contributed by atoms with Gasteiger partial charge in [0.2, 0.25) is 5.91 Å². The largest absolute Gasteiger partial charge is 0.493 e. The number of carbonyl (C=O) groups excluding carboxylic acids is 2. The lowest BCUT2D eigenvalue weighted by Crippen LogP contribution is -2.56. The molecule has 0 spiro atoms. The van der Waals surface area contributed by atoms with Crippen molar-refractivity contribution >= 4 is 11.8 Å². The molecule has 11 heteroatoms. The van der Waals surface area contributed by atoms with Gasteiger partial charge in [-0.05, 0) is 60.9 Å². The molecule has 0 unspecified atom stereocenters. The smallest absolute Gasteiger partial charge is 0.257 e. The molecule has 45 heavy (non-hydrogen) atoms. The highest BCUT2D eigenvalue weighted by atomic mass is 16.5. The van der Waals surface area contributed by atoms with Crippen molar-refractivity contribution < 1.29 is 28.3 Å². The molecule has 2 aliphatic heterocycles. The number of ether oxygens (including phenoxy) is 3. The van der Waals surface area contributed by atoms with E-state index < -0.39 is 0 Å². The van der Waals surface area contributed by atoms with Crippen molar-refractivity contribution in [1.29, 1.82) is 0 Å². The van der Waals surface area contributed by atoms with Crippen LogP contribution < -0.4 is 14.8 Å². The minimum atomic E-state index is -0.316. The molecular formula is C34H37N5O6. The summed E-state index contributed by atoms with van der Waals surface area (Å²) in [4.78, 5) is 35.4. The first-order chi connectivity index (χ1) is 22.0. The van der Waals surface area contributed by atoms with Crippen molar-refractivity contribution in [3.05, 3.63) is 89.7 Å². The Balaban J connectivity index is 1.24. The highest BCUT2D eigenvalue weighted by Gasteiger charge is 2.33. The summed E-state index contributed by atoms with van der Waals surface area (Å²) in [5.74, 6) is 2.09. The maximum atomic E-state index is 13.6. The summed E-state index contributed by atoms with van der Waals surface area (Å²) >= 11 is 0. The quantitative estimate of drug-likeness (QED) is 0.332. The van der Waals surface area contributed by atoms with Gasteiger partial charge in [0.1, 0.15) is 5.75 Å². The summed E-state index contributed by atoms with van der Waals surface area (Å²) in [6.07, 6.45) is 1.05. The molecular weight excluding hydrogens is 574 g/mol. The molecule has 6 rings (SSSR count). The lowest BCUT2D eigenvalue weighted by Gasteiger charge is -2.38. The van der Waals surface area contributed by atoms with Crippen LogP contribution in [0, 0.1) is 0 Å². The van der Waals surface area contributed by atoms with Gasteiger partial charge in [-0.15, -0.1) is 0 Å². The summed E-state index contributed by atoms with van der Waals surface area (Å²) in [5, 5.41) is 7.37. The van der Waals surface area contributed by atoms with Gasteiger partial charge in [-0.1, -0.05) is 42.4 Å². The minimum Gasteiger partial charge on any atom is -0.493 e. The van der Waals surface area contributed by atoms with Crippen molar-refractivity contribution in [3.63, 3.8) is 0 Å². The van der Waals surface area contributed by atoms with Crippen LogP contribution in [0.5, 0.6) is 17.2 Å². The van der Waals surface area contributed by atoms with E-state index in [1.165, 1.54) is 0 Å². The van der Waals surface area contributed by atoms with E-state index in [9.17, 15) is 9.59 Å². The summed E-state index contributed by atoms with van der Waals surface area (Å²) in [6.45, 7) is 4.41. The Hall–Kier alpha value is -4.74. The number of methoxy groups -OCH3 is 1. The van der Waals surface area contributed by atoms with Gasteiger partial charge in [-0.2, -0.15) is 4.98 Å². The second kappa shape index (κ2) is 13.9. The van der Waals surface area contributed by atoms with Crippen molar-refractivity contribution in [3.8, 4) is 28.7 Å². The van der Waals surface area contributed by atoms with Crippen LogP contribution in [0.15, 0.2) is 77.3 Å². The predicted octanol–water partition coefficient (Wildman–Crippen LogP) is 4.68. The van der Waals surface area contributed by atoms with Gasteiger partial charge in [0.15, 0.2) is 17.3 Å². The average molecular weight is 612 g/mol. The zero-order valence-electron chi connectivity index (χ0n) is 25.5. The molecule has 2 atom stereocenters. The van der Waals surface area contributed by atoms with Crippen LogP contribution in [0.2, 0.25) is 0 Å². The molecule has 3 aromatic carbocycles. The molecule has 1 fully saturated rings. The summed E-state index contributed by atoms with van der Waals surface area (Å²) in [7, 11) is 1.55. The number of nitrogens with one attached hydrogen (secondary N) is 1. The molecule has 0 saturated carbocycles. The Morgan fingerprint density at radius 1 is 1.02 bits per heavy atom. The van der Waals surface area contributed by atoms with E-state index in [2.05, 4.69) is 20.4 Å². The summed E-state index contributed by atoms with van der Waals surface area (Å²) < 4.78 is 23.7. The molecule has 4 bridgehead atoms. The Kier molecular flexibility index (Phi) is 9.37. The van der Waals surface area contributed by atoms with Gasteiger partial charge in [-0.25, -0.2) is 0 Å². The lowest BCUT2D eigenvalue weighted by molar-refractivity contribution is -0.125. The Morgan fingerprint density at radius 3 is 2.71 bits per heavy atom. The van der Waals surface area contributed by atoms with Crippen LogP contribution in [0.3, 0.4) is 0 Å². The third kappa shape index (κ3) is 7.33. The van der Waals surface area contributed by atoms with Gasteiger partial charge in [-0.3, -0.25) is 14.5 Å². The zero-order chi connectivity index (χ0) is 31.2. The number of benzene rings is 3.